The normalized spacial score (nSPS) is 10.9. The fraction of sp³-hybridized carbons (Fsp3) is 0.333. The Kier molecular flexibility index (Phi) is 5.97. The number of hydrogen-bond donors (Lipinski definition) is 0. The van der Waals surface area contributed by atoms with Crippen LogP contribution in [0.25, 0.3) is 6.08 Å². The first-order valence-electron chi connectivity index (χ1n) is 7.75. The van der Waals surface area contributed by atoms with Crippen molar-refractivity contribution < 1.29 is 14.3 Å². The lowest BCUT2D eigenvalue weighted by Crippen LogP contribution is -2.01. The summed E-state index contributed by atoms with van der Waals surface area (Å²) in [4.78, 5) is 12.2. The summed E-state index contributed by atoms with van der Waals surface area (Å²) in [6.45, 7) is 5.13. The number of benzene rings is 1. The molecule has 0 bridgehead atoms. The molecule has 1 aromatic heterocycles. The number of rotatable bonds is 8. The van der Waals surface area contributed by atoms with Crippen molar-refractivity contribution in [2.45, 2.75) is 20.3 Å². The molecular formula is C18H22N2O3. The average Bonchev–Trinajstić information content (AvgIpc) is 2.98. The van der Waals surface area contributed by atoms with E-state index in [1.54, 1.807) is 30.2 Å². The van der Waals surface area contributed by atoms with Gasteiger partial charge in [0, 0.05) is 18.8 Å². The molecule has 0 spiro atoms. The summed E-state index contributed by atoms with van der Waals surface area (Å²) >= 11 is 0. The highest BCUT2D eigenvalue weighted by atomic mass is 16.5. The Hall–Kier alpha value is -2.56. The van der Waals surface area contributed by atoms with Crippen LogP contribution in [0.4, 0.5) is 0 Å². The van der Waals surface area contributed by atoms with Gasteiger partial charge in [0.15, 0.2) is 17.3 Å². The maximum atomic E-state index is 12.2. The number of carbonyl (C=O) groups is 1. The van der Waals surface area contributed by atoms with E-state index in [0.717, 1.165) is 12.0 Å². The molecule has 0 aliphatic heterocycles. The maximum Gasteiger partial charge on any atom is 0.189 e. The van der Waals surface area contributed by atoms with Crippen molar-refractivity contribution in [3.05, 3.63) is 47.8 Å². The molecule has 5 heteroatoms. The van der Waals surface area contributed by atoms with E-state index in [1.807, 2.05) is 32.0 Å². The summed E-state index contributed by atoms with van der Waals surface area (Å²) in [6, 6.07) is 5.66. The highest BCUT2D eigenvalue weighted by molar-refractivity contribution is 6.06. The first-order chi connectivity index (χ1) is 11.2. The molecule has 2 aromatic rings. The van der Waals surface area contributed by atoms with E-state index in [-0.39, 0.29) is 5.78 Å². The van der Waals surface area contributed by atoms with Gasteiger partial charge in [-0.3, -0.25) is 9.48 Å². The largest absolute Gasteiger partial charge is 0.490 e. The van der Waals surface area contributed by atoms with Crippen molar-refractivity contribution in [2.24, 2.45) is 7.05 Å². The Labute approximate surface area is 136 Å². The lowest BCUT2D eigenvalue weighted by Gasteiger charge is -2.13. The molecule has 0 atom stereocenters. The molecule has 0 aliphatic rings. The van der Waals surface area contributed by atoms with Crippen LogP contribution in [0, 0.1) is 0 Å². The van der Waals surface area contributed by atoms with Crippen LogP contribution in [0.15, 0.2) is 36.7 Å². The van der Waals surface area contributed by atoms with Crippen molar-refractivity contribution in [2.75, 3.05) is 13.2 Å². The molecule has 0 fully saturated rings. The summed E-state index contributed by atoms with van der Waals surface area (Å²) < 4.78 is 13.0. The molecular weight excluding hydrogens is 292 g/mol. The summed E-state index contributed by atoms with van der Waals surface area (Å²) in [7, 11) is 1.78. The Bertz CT molecular complexity index is 689. The minimum absolute atomic E-state index is 0.0960. The molecule has 0 aliphatic carbocycles. The quantitative estimate of drug-likeness (QED) is 0.553. The SMILES string of the molecule is CCCOc1c(C=CC(=O)c2cnn(C)c2)cccc1OCC. The highest BCUT2D eigenvalue weighted by Gasteiger charge is 2.10. The van der Waals surface area contributed by atoms with Gasteiger partial charge in [0.1, 0.15) is 0 Å². The van der Waals surface area contributed by atoms with Crippen LogP contribution in [0.2, 0.25) is 0 Å². The van der Waals surface area contributed by atoms with E-state index in [0.29, 0.717) is 30.3 Å². The number of para-hydroxylation sites is 1. The van der Waals surface area contributed by atoms with E-state index in [2.05, 4.69) is 5.10 Å². The van der Waals surface area contributed by atoms with Crippen molar-refractivity contribution in [1.82, 2.24) is 9.78 Å². The minimum Gasteiger partial charge on any atom is -0.490 e. The van der Waals surface area contributed by atoms with Gasteiger partial charge in [0.25, 0.3) is 0 Å². The molecule has 0 amide bonds. The summed E-state index contributed by atoms with van der Waals surface area (Å²) in [5.41, 5.74) is 1.38. The zero-order chi connectivity index (χ0) is 16.7. The third-order valence-electron chi connectivity index (χ3n) is 3.16. The van der Waals surface area contributed by atoms with E-state index in [4.69, 9.17) is 9.47 Å². The third-order valence-corrected chi connectivity index (χ3v) is 3.16. The minimum atomic E-state index is -0.0960. The van der Waals surface area contributed by atoms with Gasteiger partial charge in [-0.15, -0.1) is 0 Å². The molecule has 0 unspecified atom stereocenters. The van der Waals surface area contributed by atoms with Crippen LogP contribution in [-0.4, -0.2) is 28.8 Å². The second-order valence-corrected chi connectivity index (χ2v) is 5.06. The van der Waals surface area contributed by atoms with Gasteiger partial charge >= 0.3 is 0 Å². The Balaban J connectivity index is 2.25. The molecule has 1 heterocycles. The number of nitrogens with zero attached hydrogens (tertiary/aromatic N) is 2. The molecule has 0 saturated heterocycles. The Morgan fingerprint density at radius 2 is 2.13 bits per heavy atom. The molecule has 1 aromatic carbocycles. The number of aryl methyl sites for hydroxylation is 1. The van der Waals surface area contributed by atoms with Crippen molar-refractivity contribution >= 4 is 11.9 Å². The van der Waals surface area contributed by atoms with Crippen LogP contribution in [0.1, 0.15) is 36.2 Å². The Morgan fingerprint density at radius 1 is 1.30 bits per heavy atom. The fourth-order valence-electron chi connectivity index (χ4n) is 2.10. The van der Waals surface area contributed by atoms with Crippen LogP contribution in [0.3, 0.4) is 0 Å². The van der Waals surface area contributed by atoms with Gasteiger partial charge in [-0.05, 0) is 31.6 Å². The zero-order valence-electron chi connectivity index (χ0n) is 13.8. The number of carbonyl (C=O) groups excluding carboxylic acids is 1. The summed E-state index contributed by atoms with van der Waals surface area (Å²) in [5, 5.41) is 4.01. The summed E-state index contributed by atoms with van der Waals surface area (Å²) in [6.07, 6.45) is 7.43. The summed E-state index contributed by atoms with van der Waals surface area (Å²) in [5.74, 6) is 1.27. The van der Waals surface area contributed by atoms with E-state index in [9.17, 15) is 4.79 Å². The smallest absolute Gasteiger partial charge is 0.189 e. The van der Waals surface area contributed by atoms with Crippen molar-refractivity contribution in [3.8, 4) is 11.5 Å². The standard InChI is InChI=1S/C18H22N2O3/c1-4-11-23-18-14(7-6-8-17(18)22-5-2)9-10-16(21)15-12-19-20(3)13-15/h6-10,12-13H,4-5,11H2,1-3H3. The van der Waals surface area contributed by atoms with Gasteiger partial charge in [-0.25, -0.2) is 0 Å². The van der Waals surface area contributed by atoms with Crippen LogP contribution < -0.4 is 9.47 Å². The van der Waals surface area contributed by atoms with Crippen molar-refractivity contribution in [3.63, 3.8) is 0 Å². The van der Waals surface area contributed by atoms with Gasteiger partial charge in [-0.2, -0.15) is 5.10 Å². The van der Waals surface area contributed by atoms with E-state index >= 15 is 0 Å². The number of aromatic nitrogens is 2. The third kappa shape index (κ3) is 4.45. The predicted octanol–water partition coefficient (Wildman–Crippen LogP) is 3.50. The second-order valence-electron chi connectivity index (χ2n) is 5.06. The number of allylic oxidation sites excluding steroid dienone is 1. The molecule has 0 saturated carbocycles. The average molecular weight is 314 g/mol. The monoisotopic (exact) mass is 314 g/mol. The molecule has 23 heavy (non-hydrogen) atoms. The molecule has 122 valence electrons. The first-order valence-corrected chi connectivity index (χ1v) is 7.75. The molecule has 2 rings (SSSR count). The molecule has 0 radical (unpaired) electrons. The van der Waals surface area contributed by atoms with E-state index < -0.39 is 0 Å². The number of ether oxygens (including phenoxy) is 2. The lowest BCUT2D eigenvalue weighted by atomic mass is 10.1. The van der Waals surface area contributed by atoms with Crippen molar-refractivity contribution in [1.29, 1.82) is 0 Å². The molecule has 5 nitrogen and oxygen atoms in total. The lowest BCUT2D eigenvalue weighted by molar-refractivity contribution is 0.104. The highest BCUT2D eigenvalue weighted by Crippen LogP contribution is 2.32. The topological polar surface area (TPSA) is 53.3 Å². The Morgan fingerprint density at radius 3 is 2.78 bits per heavy atom. The predicted molar refractivity (Wildman–Crippen MR) is 90.0 cm³/mol. The molecule has 0 N–H and O–H groups in total. The zero-order valence-corrected chi connectivity index (χ0v) is 13.8. The second kappa shape index (κ2) is 8.17. The van der Waals surface area contributed by atoms with E-state index in [1.165, 1.54) is 6.08 Å². The van der Waals surface area contributed by atoms with Crippen LogP contribution >= 0.6 is 0 Å². The van der Waals surface area contributed by atoms with Gasteiger partial charge in [-0.1, -0.05) is 19.1 Å². The number of hydrogen-bond acceptors (Lipinski definition) is 4. The first kappa shape index (κ1) is 16.8. The van der Waals surface area contributed by atoms with Gasteiger partial charge in [0.2, 0.25) is 0 Å². The maximum absolute atomic E-state index is 12.2. The van der Waals surface area contributed by atoms with Crippen LogP contribution in [0.5, 0.6) is 11.5 Å². The van der Waals surface area contributed by atoms with Crippen LogP contribution in [-0.2, 0) is 7.05 Å². The number of ketones is 1. The van der Waals surface area contributed by atoms with Gasteiger partial charge < -0.3 is 9.47 Å². The van der Waals surface area contributed by atoms with Gasteiger partial charge in [0.05, 0.1) is 25.0 Å². The fourth-order valence-corrected chi connectivity index (χ4v) is 2.10.